The predicted molar refractivity (Wildman–Crippen MR) is 145 cm³/mol. The summed E-state index contributed by atoms with van der Waals surface area (Å²) in [5, 5.41) is 5.41. The average molecular weight is 581 g/mol. The van der Waals surface area contributed by atoms with Crippen LogP contribution in [0.15, 0.2) is 54.6 Å². The van der Waals surface area contributed by atoms with Crippen LogP contribution in [0, 0.1) is 0 Å². The van der Waals surface area contributed by atoms with E-state index >= 15 is 0 Å². The molecule has 1 aliphatic rings. The van der Waals surface area contributed by atoms with Crippen LogP contribution in [0.25, 0.3) is 27.8 Å². The van der Waals surface area contributed by atoms with E-state index in [2.05, 4.69) is 97.5 Å². The first-order chi connectivity index (χ1) is 16.5. The minimum Gasteiger partial charge on any atom is -1.00 e. The Kier molecular flexibility index (Phi) is 7.60. The summed E-state index contributed by atoms with van der Waals surface area (Å²) in [6, 6.07) is 20.1. The molecule has 35 heavy (non-hydrogen) atoms. The topological polar surface area (TPSA) is 17.2 Å². The Labute approximate surface area is 226 Å². The Balaban J connectivity index is 0.00000289. The zero-order valence-corrected chi connectivity index (χ0v) is 23.9. The summed E-state index contributed by atoms with van der Waals surface area (Å²) in [6.07, 6.45) is 7.21. The molecule has 0 saturated carbocycles. The largest absolute Gasteiger partial charge is 1.00 e. The van der Waals surface area contributed by atoms with Crippen LogP contribution in [-0.4, -0.2) is 28.5 Å². The van der Waals surface area contributed by atoms with E-state index in [0.717, 1.165) is 18.8 Å². The second-order valence-corrected chi connectivity index (χ2v) is 10.1. The van der Waals surface area contributed by atoms with Crippen molar-refractivity contribution in [1.29, 1.82) is 0 Å². The molecule has 1 aliphatic heterocycles. The number of aromatic nitrogens is 1. The fourth-order valence-electron chi connectivity index (χ4n) is 5.68. The lowest BCUT2D eigenvalue weighted by Gasteiger charge is -2.16. The lowest BCUT2D eigenvalue weighted by Crippen LogP contribution is -3.00. The van der Waals surface area contributed by atoms with Gasteiger partial charge in [-0.3, -0.25) is 0 Å². The van der Waals surface area contributed by atoms with Crippen molar-refractivity contribution in [3.05, 3.63) is 65.5 Å². The van der Waals surface area contributed by atoms with Crippen molar-refractivity contribution in [1.82, 2.24) is 4.57 Å². The zero-order chi connectivity index (χ0) is 23.9. The fourth-order valence-corrected chi connectivity index (χ4v) is 5.68. The van der Waals surface area contributed by atoms with E-state index in [1.807, 2.05) is 0 Å². The Hall–Kier alpha value is -2.34. The van der Waals surface area contributed by atoms with Gasteiger partial charge in [-0.1, -0.05) is 57.0 Å². The summed E-state index contributed by atoms with van der Waals surface area (Å²) in [5.41, 5.74) is 5.29. The highest BCUT2D eigenvalue weighted by Crippen LogP contribution is 2.42. The summed E-state index contributed by atoms with van der Waals surface area (Å²) in [6.45, 7) is 11.4. The van der Waals surface area contributed by atoms with Gasteiger partial charge in [-0.2, -0.15) is 4.58 Å². The van der Waals surface area contributed by atoms with Gasteiger partial charge < -0.3 is 33.3 Å². The van der Waals surface area contributed by atoms with E-state index in [1.165, 1.54) is 69.7 Å². The van der Waals surface area contributed by atoms with Gasteiger partial charge in [0.25, 0.3) is 0 Å². The summed E-state index contributed by atoms with van der Waals surface area (Å²) in [7, 11) is 1.76. The Morgan fingerprint density at radius 1 is 0.971 bits per heavy atom. The first-order valence-corrected chi connectivity index (χ1v) is 12.9. The molecule has 0 radical (unpaired) electrons. The molecule has 3 nitrogen and oxygen atoms in total. The highest BCUT2D eigenvalue weighted by molar-refractivity contribution is 6.18. The molecule has 4 aromatic rings. The minimum atomic E-state index is -0.107. The molecule has 5 rings (SSSR count). The molecule has 0 unspecified atom stereocenters. The molecule has 0 atom stereocenters. The summed E-state index contributed by atoms with van der Waals surface area (Å²) < 4.78 is 10.7. The number of unbranched alkanes of at least 4 members (excludes halogenated alkanes) is 2. The van der Waals surface area contributed by atoms with E-state index in [9.17, 15) is 0 Å². The number of aryl methyl sites for hydroxylation is 1. The smallest absolute Gasteiger partial charge is 0.210 e. The molecule has 0 aliphatic carbocycles. The number of methoxy groups -OCH3 is 1. The van der Waals surface area contributed by atoms with E-state index in [-0.39, 0.29) is 29.4 Å². The van der Waals surface area contributed by atoms with Gasteiger partial charge in [-0.05, 0) is 43.9 Å². The van der Waals surface area contributed by atoms with Gasteiger partial charge in [0, 0.05) is 47.0 Å². The lowest BCUT2D eigenvalue weighted by atomic mass is 9.81. The van der Waals surface area contributed by atoms with Crippen molar-refractivity contribution in [3.8, 4) is 5.75 Å². The Morgan fingerprint density at radius 3 is 2.43 bits per heavy atom. The standard InChI is InChI=1S/C31H37N2O.HI/c1-6-8-18-32-27-15-11-13-22-12-10-14-24(30(22)27)28(32)21-29-31(3,4)25-20-23(34-5)16-17-26(25)33(29)19-9-7-2;/h10-17,20-21H,6-9,18-19H2,1-5H3;1H/q+1;/p-1. The molecule has 0 N–H and O–H groups in total. The third-order valence-corrected chi connectivity index (χ3v) is 7.58. The third kappa shape index (κ3) is 4.28. The van der Waals surface area contributed by atoms with Crippen molar-refractivity contribution >= 4 is 39.2 Å². The van der Waals surface area contributed by atoms with Crippen LogP contribution in [0.5, 0.6) is 5.75 Å². The van der Waals surface area contributed by atoms with Crippen molar-refractivity contribution < 1.29 is 33.3 Å². The summed E-state index contributed by atoms with van der Waals surface area (Å²) in [4.78, 5) is 0. The zero-order valence-electron chi connectivity index (χ0n) is 21.7. The maximum absolute atomic E-state index is 5.61. The van der Waals surface area contributed by atoms with Crippen LogP contribution in [-0.2, 0) is 12.0 Å². The number of hydrogen-bond acceptors (Lipinski definition) is 1. The third-order valence-electron chi connectivity index (χ3n) is 7.58. The van der Waals surface area contributed by atoms with Crippen molar-refractivity contribution in [3.63, 3.8) is 0 Å². The molecule has 184 valence electrons. The number of ether oxygens (including phenoxy) is 1. The molecular weight excluding hydrogens is 543 g/mol. The maximum atomic E-state index is 5.61. The number of hydrogen-bond donors (Lipinski definition) is 0. The molecule has 0 spiro atoms. The van der Waals surface area contributed by atoms with Crippen molar-refractivity contribution in [2.24, 2.45) is 0 Å². The summed E-state index contributed by atoms with van der Waals surface area (Å²) in [5.74, 6) is 0.929. The highest BCUT2D eigenvalue weighted by Gasteiger charge is 2.44. The first-order valence-electron chi connectivity index (χ1n) is 12.9. The quantitative estimate of drug-likeness (QED) is 0.228. The van der Waals surface area contributed by atoms with Gasteiger partial charge in [-0.25, -0.2) is 0 Å². The SMILES string of the molecule is CCCCn1/c(=C/C2=[N+](CCCC)c3ccc(OC)cc3C2(C)C)c2cccc3cccc1c32.[I-]. The highest BCUT2D eigenvalue weighted by atomic mass is 127. The summed E-state index contributed by atoms with van der Waals surface area (Å²) >= 11 is 0. The van der Waals surface area contributed by atoms with E-state index < -0.39 is 0 Å². The monoisotopic (exact) mass is 580 g/mol. The Morgan fingerprint density at radius 2 is 1.71 bits per heavy atom. The van der Waals surface area contributed by atoms with Gasteiger partial charge in [0.05, 0.1) is 17.9 Å². The van der Waals surface area contributed by atoms with Crippen molar-refractivity contribution in [2.75, 3.05) is 13.7 Å². The fraction of sp³-hybridized carbons (Fsp3) is 0.387. The maximum Gasteiger partial charge on any atom is 0.210 e. The molecule has 0 saturated heterocycles. The van der Waals surface area contributed by atoms with Crippen LogP contribution >= 0.6 is 0 Å². The van der Waals surface area contributed by atoms with E-state index in [4.69, 9.17) is 4.74 Å². The van der Waals surface area contributed by atoms with Crippen LogP contribution in [0.2, 0.25) is 0 Å². The second kappa shape index (κ2) is 10.3. The van der Waals surface area contributed by atoms with E-state index in [0.29, 0.717) is 0 Å². The molecule has 1 aromatic heterocycles. The van der Waals surface area contributed by atoms with Gasteiger partial charge in [0.2, 0.25) is 5.69 Å². The van der Waals surface area contributed by atoms with Gasteiger partial charge in [-0.15, -0.1) is 0 Å². The van der Waals surface area contributed by atoms with Crippen molar-refractivity contribution in [2.45, 2.75) is 65.3 Å². The molecule has 0 amide bonds. The number of benzene rings is 3. The normalized spacial score (nSPS) is 15.2. The number of rotatable bonds is 8. The van der Waals surface area contributed by atoms with E-state index in [1.54, 1.807) is 7.11 Å². The molecular formula is C31H37IN2O. The van der Waals surface area contributed by atoms with Gasteiger partial charge in [0.1, 0.15) is 12.3 Å². The molecule has 0 fully saturated rings. The minimum absolute atomic E-state index is 0. The van der Waals surface area contributed by atoms with Crippen LogP contribution in [0.1, 0.15) is 58.9 Å². The average Bonchev–Trinajstić information content (AvgIpc) is 3.26. The van der Waals surface area contributed by atoms with Gasteiger partial charge >= 0.3 is 0 Å². The number of nitrogens with zero attached hydrogens (tertiary/aromatic N) is 2. The molecule has 3 aromatic carbocycles. The van der Waals surface area contributed by atoms with Crippen LogP contribution < -0.4 is 34.1 Å². The lowest BCUT2D eigenvalue weighted by molar-refractivity contribution is -0.437. The number of halogens is 1. The molecule has 4 heteroatoms. The van der Waals surface area contributed by atoms with Gasteiger partial charge in [0.15, 0.2) is 5.71 Å². The number of fused-ring (bicyclic) bond motifs is 1. The first kappa shape index (κ1) is 25.7. The molecule has 0 bridgehead atoms. The predicted octanol–water partition coefficient (Wildman–Crippen LogP) is 3.98. The molecule has 2 heterocycles. The second-order valence-electron chi connectivity index (χ2n) is 10.1. The van der Waals surface area contributed by atoms with Crippen LogP contribution in [0.4, 0.5) is 5.69 Å². The Bertz CT molecular complexity index is 1440. The van der Waals surface area contributed by atoms with Crippen LogP contribution in [0.3, 0.4) is 0 Å².